The molecule has 1 atom stereocenters. The van der Waals surface area contributed by atoms with E-state index < -0.39 is 10.0 Å². The first kappa shape index (κ1) is 23.1. The largest absolute Gasteiger partial charge is 0.370 e. The smallest absolute Gasteiger partial charge is 0.251 e. The molecule has 0 spiro atoms. The third kappa shape index (κ3) is 5.55. The molecule has 2 aliphatic heterocycles. The maximum Gasteiger partial charge on any atom is 0.251 e. The monoisotopic (exact) mass is 435 g/mol. The van der Waals surface area contributed by atoms with E-state index in [4.69, 9.17) is 0 Å². The molecule has 30 heavy (non-hydrogen) atoms. The molecule has 0 aromatic heterocycles. The zero-order chi connectivity index (χ0) is 21.6. The summed E-state index contributed by atoms with van der Waals surface area (Å²) < 4.78 is 29.1. The molecule has 6 nitrogen and oxygen atoms in total. The lowest BCUT2D eigenvalue weighted by molar-refractivity contribution is 0.0939. The number of hydrogen-bond acceptors (Lipinski definition) is 4. The van der Waals surface area contributed by atoms with Gasteiger partial charge < -0.3 is 10.2 Å². The highest BCUT2D eigenvalue weighted by molar-refractivity contribution is 7.89. The summed E-state index contributed by atoms with van der Waals surface area (Å²) in [4.78, 5) is 15.2. The summed E-state index contributed by atoms with van der Waals surface area (Å²) in [6.45, 7) is 6.82. The Labute approximate surface area is 182 Å². The number of rotatable bonds is 6. The van der Waals surface area contributed by atoms with Crippen LogP contribution in [-0.4, -0.2) is 50.9 Å². The molecule has 168 valence electrons. The van der Waals surface area contributed by atoms with Gasteiger partial charge in [0.15, 0.2) is 0 Å². The molecular weight excluding hydrogens is 398 g/mol. The second-order valence-electron chi connectivity index (χ2n) is 8.68. The highest BCUT2D eigenvalue weighted by Gasteiger charge is 2.30. The van der Waals surface area contributed by atoms with E-state index in [0.717, 1.165) is 63.7 Å². The minimum atomic E-state index is -3.66. The van der Waals surface area contributed by atoms with Crippen molar-refractivity contribution in [3.8, 4) is 0 Å². The van der Waals surface area contributed by atoms with Crippen LogP contribution in [-0.2, 0) is 10.0 Å². The zero-order valence-electron chi connectivity index (χ0n) is 18.5. The molecule has 0 aliphatic carbocycles. The van der Waals surface area contributed by atoms with Crippen molar-refractivity contribution in [1.82, 2.24) is 9.62 Å². The Bertz CT molecular complexity index is 809. The van der Waals surface area contributed by atoms with Gasteiger partial charge in [-0.05, 0) is 57.2 Å². The fraction of sp³-hybridized carbons (Fsp3) is 0.696. The number of nitrogens with zero attached hydrogens (tertiary/aromatic N) is 2. The van der Waals surface area contributed by atoms with Gasteiger partial charge in [-0.2, -0.15) is 4.31 Å². The highest BCUT2D eigenvalue weighted by atomic mass is 32.2. The molecule has 1 N–H and O–H groups in total. The van der Waals surface area contributed by atoms with Gasteiger partial charge in [-0.1, -0.05) is 32.6 Å². The van der Waals surface area contributed by atoms with Gasteiger partial charge >= 0.3 is 0 Å². The van der Waals surface area contributed by atoms with E-state index in [0.29, 0.717) is 23.5 Å². The maximum absolute atomic E-state index is 13.7. The molecule has 2 saturated heterocycles. The molecule has 1 amide bonds. The molecule has 2 aliphatic rings. The molecule has 0 radical (unpaired) electrons. The van der Waals surface area contributed by atoms with E-state index in [1.165, 1.54) is 12.8 Å². The highest BCUT2D eigenvalue weighted by Crippen LogP contribution is 2.32. The number of nitrogens with one attached hydrogen (secondary N) is 1. The van der Waals surface area contributed by atoms with Gasteiger partial charge in [0.1, 0.15) is 4.90 Å². The van der Waals surface area contributed by atoms with Gasteiger partial charge in [-0.25, -0.2) is 8.42 Å². The van der Waals surface area contributed by atoms with Crippen molar-refractivity contribution in [2.45, 2.75) is 82.6 Å². The van der Waals surface area contributed by atoms with E-state index in [2.05, 4.69) is 10.2 Å². The molecule has 0 bridgehead atoms. The van der Waals surface area contributed by atoms with Gasteiger partial charge in [0.05, 0.1) is 5.69 Å². The average Bonchev–Trinajstić information content (AvgIpc) is 3.19. The van der Waals surface area contributed by atoms with Crippen LogP contribution in [0.4, 0.5) is 5.69 Å². The van der Waals surface area contributed by atoms with E-state index in [9.17, 15) is 13.2 Å². The van der Waals surface area contributed by atoms with Crippen LogP contribution in [0.3, 0.4) is 0 Å². The van der Waals surface area contributed by atoms with Crippen molar-refractivity contribution < 1.29 is 13.2 Å². The van der Waals surface area contributed by atoms with E-state index in [-0.39, 0.29) is 11.9 Å². The summed E-state index contributed by atoms with van der Waals surface area (Å²) in [7, 11) is -3.66. The van der Waals surface area contributed by atoms with Gasteiger partial charge in [-0.15, -0.1) is 0 Å². The average molecular weight is 436 g/mol. The lowest BCUT2D eigenvalue weighted by Crippen LogP contribution is -2.35. The van der Waals surface area contributed by atoms with E-state index in [1.54, 1.807) is 16.4 Å². The molecule has 1 unspecified atom stereocenters. The van der Waals surface area contributed by atoms with Crippen LogP contribution in [0.5, 0.6) is 0 Å². The Hall–Kier alpha value is -1.60. The van der Waals surface area contributed by atoms with Crippen LogP contribution in [0, 0.1) is 0 Å². The summed E-state index contributed by atoms with van der Waals surface area (Å²) >= 11 is 0. The summed E-state index contributed by atoms with van der Waals surface area (Å²) in [6.07, 6.45) is 9.26. The van der Waals surface area contributed by atoms with Crippen molar-refractivity contribution in [2.24, 2.45) is 0 Å². The molecule has 1 aromatic carbocycles. The Morgan fingerprint density at radius 2 is 1.53 bits per heavy atom. The second-order valence-corrected chi connectivity index (χ2v) is 10.6. The van der Waals surface area contributed by atoms with Gasteiger partial charge in [0, 0.05) is 37.8 Å². The summed E-state index contributed by atoms with van der Waals surface area (Å²) in [5.41, 5.74) is 1.17. The van der Waals surface area contributed by atoms with Crippen LogP contribution in [0.25, 0.3) is 0 Å². The Morgan fingerprint density at radius 3 is 2.10 bits per heavy atom. The zero-order valence-corrected chi connectivity index (χ0v) is 19.3. The van der Waals surface area contributed by atoms with E-state index in [1.807, 2.05) is 19.9 Å². The van der Waals surface area contributed by atoms with Crippen molar-refractivity contribution in [3.05, 3.63) is 23.8 Å². The fourth-order valence-electron chi connectivity index (χ4n) is 4.27. The molecular formula is C23H37N3O3S. The summed E-state index contributed by atoms with van der Waals surface area (Å²) in [6, 6.07) is 5.28. The molecule has 0 saturated carbocycles. The number of benzene rings is 1. The Balaban J connectivity index is 2.00. The quantitative estimate of drug-likeness (QED) is 0.728. The first-order chi connectivity index (χ1) is 14.4. The third-order valence-corrected chi connectivity index (χ3v) is 8.27. The normalized spacial score (nSPS) is 20.3. The predicted molar refractivity (Wildman–Crippen MR) is 122 cm³/mol. The first-order valence-corrected chi connectivity index (χ1v) is 13.1. The fourth-order valence-corrected chi connectivity index (χ4v) is 6.02. The number of amides is 1. The molecule has 2 fully saturated rings. The number of carbonyl (C=O) groups excluding carboxylic acids is 1. The SMILES string of the molecule is CCC(C)NC(=O)c1ccc(N2CCCCCC2)c(S(=O)(=O)N2CCCCCC2)c1. The van der Waals surface area contributed by atoms with Crippen molar-refractivity contribution in [3.63, 3.8) is 0 Å². The Kier molecular flexibility index (Phi) is 8.17. The lowest BCUT2D eigenvalue weighted by atomic mass is 10.1. The molecule has 3 rings (SSSR count). The second kappa shape index (κ2) is 10.6. The van der Waals surface area contributed by atoms with Crippen molar-refractivity contribution in [2.75, 3.05) is 31.1 Å². The third-order valence-electron chi connectivity index (χ3n) is 6.34. The lowest BCUT2D eigenvalue weighted by Gasteiger charge is -2.28. The van der Waals surface area contributed by atoms with Crippen molar-refractivity contribution in [1.29, 1.82) is 0 Å². The number of anilines is 1. The van der Waals surface area contributed by atoms with Gasteiger partial charge in [0.2, 0.25) is 10.0 Å². The van der Waals surface area contributed by atoms with Crippen LogP contribution in [0.15, 0.2) is 23.1 Å². The topological polar surface area (TPSA) is 69.7 Å². The molecule has 7 heteroatoms. The maximum atomic E-state index is 13.7. The first-order valence-electron chi connectivity index (χ1n) is 11.6. The van der Waals surface area contributed by atoms with Gasteiger partial charge in [-0.3, -0.25) is 4.79 Å². The minimum absolute atomic E-state index is 0.0495. The van der Waals surface area contributed by atoms with Crippen LogP contribution < -0.4 is 10.2 Å². The number of hydrogen-bond donors (Lipinski definition) is 1. The van der Waals surface area contributed by atoms with Crippen LogP contribution in [0.2, 0.25) is 0 Å². The molecule has 1 aromatic rings. The number of sulfonamides is 1. The standard InChI is InChI=1S/C23H37N3O3S/c1-3-19(2)24-23(27)20-12-13-21(25-14-8-4-5-9-15-25)22(18-20)30(28,29)26-16-10-6-7-11-17-26/h12-13,18-19H,3-11,14-17H2,1-2H3,(H,24,27). The molecule has 2 heterocycles. The van der Waals surface area contributed by atoms with E-state index >= 15 is 0 Å². The van der Waals surface area contributed by atoms with Gasteiger partial charge in [0.25, 0.3) is 5.91 Å². The minimum Gasteiger partial charge on any atom is -0.370 e. The Morgan fingerprint density at radius 1 is 0.967 bits per heavy atom. The van der Waals surface area contributed by atoms with Crippen LogP contribution >= 0.6 is 0 Å². The summed E-state index contributed by atoms with van der Waals surface area (Å²) in [5, 5.41) is 2.96. The predicted octanol–water partition coefficient (Wildman–Crippen LogP) is 4.16. The summed E-state index contributed by atoms with van der Waals surface area (Å²) in [5.74, 6) is -0.209. The van der Waals surface area contributed by atoms with Crippen LogP contribution in [0.1, 0.15) is 82.0 Å². The number of carbonyl (C=O) groups is 1. The van der Waals surface area contributed by atoms with Crippen molar-refractivity contribution >= 4 is 21.6 Å².